The first kappa shape index (κ1) is 14.3. The molecule has 0 saturated carbocycles. The molecule has 1 atom stereocenters. The summed E-state index contributed by atoms with van der Waals surface area (Å²) < 4.78 is 12.0. The van der Waals surface area contributed by atoms with E-state index >= 15 is 0 Å². The number of rotatable bonds is 6. The minimum absolute atomic E-state index is 0.522. The summed E-state index contributed by atoms with van der Waals surface area (Å²) in [7, 11) is 0. The second-order valence-electron chi connectivity index (χ2n) is 3.79. The van der Waals surface area contributed by atoms with Crippen molar-refractivity contribution in [2.24, 2.45) is 0 Å². The van der Waals surface area contributed by atoms with E-state index in [-0.39, 0.29) is 0 Å². The minimum atomic E-state index is -0.522. The van der Waals surface area contributed by atoms with Crippen LogP contribution in [0.3, 0.4) is 0 Å². The van der Waals surface area contributed by atoms with Crippen LogP contribution in [-0.4, -0.2) is 18.3 Å². The summed E-state index contributed by atoms with van der Waals surface area (Å²) in [5.74, 6) is 1.38. The Morgan fingerprint density at radius 2 is 2.00 bits per heavy atom. The third-order valence-electron chi connectivity index (χ3n) is 2.26. The highest BCUT2D eigenvalue weighted by atomic mass is 79.9. The number of benzene rings is 1. The molecule has 1 unspecified atom stereocenters. The maximum atomic E-state index is 9.59. The number of hydrogen-bond donors (Lipinski definition) is 1. The Morgan fingerprint density at radius 1 is 1.29 bits per heavy atom. The van der Waals surface area contributed by atoms with Gasteiger partial charge in [-0.15, -0.1) is 0 Å². The van der Waals surface area contributed by atoms with E-state index in [1.807, 2.05) is 19.1 Å². The number of hydrogen-bond acceptors (Lipinski definition) is 3. The molecule has 0 spiro atoms. The van der Waals surface area contributed by atoms with E-state index in [2.05, 4.69) is 22.9 Å². The summed E-state index contributed by atoms with van der Waals surface area (Å²) in [6, 6.07) is 3.68. The van der Waals surface area contributed by atoms with Crippen molar-refractivity contribution < 1.29 is 14.6 Å². The summed E-state index contributed by atoms with van der Waals surface area (Å²) in [4.78, 5) is 0. The number of aliphatic hydroxyl groups is 1. The normalized spacial score (nSPS) is 12.3. The van der Waals surface area contributed by atoms with Crippen molar-refractivity contribution in [3.63, 3.8) is 0 Å². The second kappa shape index (κ2) is 6.87. The fraction of sp³-hybridized carbons (Fsp3) is 0.538. The maximum absolute atomic E-state index is 9.59. The average Bonchev–Trinajstić information content (AvgIpc) is 2.28. The largest absolute Gasteiger partial charge is 0.490 e. The van der Waals surface area contributed by atoms with Gasteiger partial charge < -0.3 is 14.6 Å². The van der Waals surface area contributed by atoms with Crippen LogP contribution in [0.25, 0.3) is 0 Å². The van der Waals surface area contributed by atoms with Crippen LogP contribution in [0.5, 0.6) is 11.5 Å². The van der Waals surface area contributed by atoms with Crippen molar-refractivity contribution >= 4 is 15.9 Å². The quantitative estimate of drug-likeness (QED) is 0.871. The van der Waals surface area contributed by atoms with Gasteiger partial charge in [-0.2, -0.15) is 0 Å². The predicted octanol–water partition coefficient (Wildman–Crippen LogP) is 3.69. The Kier molecular flexibility index (Phi) is 5.78. The fourth-order valence-electron chi connectivity index (χ4n) is 1.44. The molecule has 0 aliphatic carbocycles. The Morgan fingerprint density at radius 3 is 2.53 bits per heavy atom. The van der Waals surface area contributed by atoms with Crippen molar-refractivity contribution in [2.45, 2.75) is 33.3 Å². The van der Waals surface area contributed by atoms with E-state index in [1.165, 1.54) is 0 Å². The SMILES string of the molecule is CCCOc1c(Br)cc(C(C)O)cc1OCC. The van der Waals surface area contributed by atoms with Gasteiger partial charge in [0.25, 0.3) is 0 Å². The molecule has 4 heteroatoms. The molecular formula is C13H19BrO3. The molecule has 0 radical (unpaired) electrons. The topological polar surface area (TPSA) is 38.7 Å². The van der Waals surface area contributed by atoms with Crippen LogP contribution in [0.4, 0.5) is 0 Å². The number of aliphatic hydroxyl groups excluding tert-OH is 1. The average molecular weight is 303 g/mol. The van der Waals surface area contributed by atoms with Gasteiger partial charge >= 0.3 is 0 Å². The summed E-state index contributed by atoms with van der Waals surface area (Å²) in [5, 5.41) is 9.59. The lowest BCUT2D eigenvalue weighted by molar-refractivity contribution is 0.198. The third-order valence-corrected chi connectivity index (χ3v) is 2.85. The monoisotopic (exact) mass is 302 g/mol. The summed E-state index contributed by atoms with van der Waals surface area (Å²) in [5.41, 5.74) is 0.809. The maximum Gasteiger partial charge on any atom is 0.175 e. The second-order valence-corrected chi connectivity index (χ2v) is 4.64. The van der Waals surface area contributed by atoms with Crippen molar-refractivity contribution in [1.29, 1.82) is 0 Å². The van der Waals surface area contributed by atoms with Crippen LogP contribution in [0, 0.1) is 0 Å². The van der Waals surface area contributed by atoms with Crippen LogP contribution < -0.4 is 9.47 Å². The molecule has 1 aromatic carbocycles. The first-order chi connectivity index (χ1) is 8.10. The smallest absolute Gasteiger partial charge is 0.175 e. The third kappa shape index (κ3) is 3.89. The van der Waals surface area contributed by atoms with Crippen LogP contribution in [0.15, 0.2) is 16.6 Å². The lowest BCUT2D eigenvalue weighted by Gasteiger charge is -2.16. The zero-order valence-corrected chi connectivity index (χ0v) is 12.1. The molecule has 0 bridgehead atoms. The van der Waals surface area contributed by atoms with Crippen LogP contribution in [0.1, 0.15) is 38.9 Å². The summed E-state index contributed by atoms with van der Waals surface area (Å²) >= 11 is 3.45. The van der Waals surface area contributed by atoms with Gasteiger partial charge in [0.1, 0.15) is 0 Å². The van der Waals surface area contributed by atoms with Crippen LogP contribution in [-0.2, 0) is 0 Å². The first-order valence-corrected chi connectivity index (χ1v) is 6.66. The molecule has 1 aromatic rings. The van der Waals surface area contributed by atoms with Gasteiger partial charge in [-0.05, 0) is 53.9 Å². The molecule has 0 aliphatic rings. The van der Waals surface area contributed by atoms with E-state index in [0.29, 0.717) is 24.7 Å². The van der Waals surface area contributed by atoms with E-state index < -0.39 is 6.10 Å². The van der Waals surface area contributed by atoms with Gasteiger partial charge in [0.2, 0.25) is 0 Å². The Bertz CT molecular complexity index is 364. The molecule has 0 aromatic heterocycles. The molecule has 1 rings (SSSR count). The lowest BCUT2D eigenvalue weighted by Crippen LogP contribution is -2.02. The minimum Gasteiger partial charge on any atom is -0.490 e. The first-order valence-electron chi connectivity index (χ1n) is 5.87. The van der Waals surface area contributed by atoms with Gasteiger partial charge in [0.05, 0.1) is 23.8 Å². The van der Waals surface area contributed by atoms with Crippen molar-refractivity contribution in [1.82, 2.24) is 0 Å². The Hall–Kier alpha value is -0.740. The molecule has 1 N–H and O–H groups in total. The van der Waals surface area contributed by atoms with Gasteiger partial charge in [0.15, 0.2) is 11.5 Å². The van der Waals surface area contributed by atoms with E-state index in [1.54, 1.807) is 6.92 Å². The molecule has 0 saturated heterocycles. The van der Waals surface area contributed by atoms with Gasteiger partial charge in [-0.3, -0.25) is 0 Å². The van der Waals surface area contributed by atoms with Crippen molar-refractivity contribution in [3.8, 4) is 11.5 Å². The van der Waals surface area contributed by atoms with Crippen LogP contribution in [0.2, 0.25) is 0 Å². The molecule has 0 amide bonds. The highest BCUT2D eigenvalue weighted by molar-refractivity contribution is 9.10. The highest BCUT2D eigenvalue weighted by Gasteiger charge is 2.14. The summed E-state index contributed by atoms with van der Waals surface area (Å²) in [6.45, 7) is 6.92. The molecule has 0 fully saturated rings. The van der Waals surface area contributed by atoms with E-state index in [4.69, 9.17) is 9.47 Å². The number of halogens is 1. The Balaban J connectivity index is 3.08. The zero-order valence-electron chi connectivity index (χ0n) is 10.5. The molecular weight excluding hydrogens is 284 g/mol. The fourth-order valence-corrected chi connectivity index (χ4v) is 2.01. The zero-order chi connectivity index (χ0) is 12.8. The number of ether oxygens (including phenoxy) is 2. The standard InChI is InChI=1S/C13H19BrO3/c1-4-6-17-13-11(14)7-10(9(3)15)8-12(13)16-5-2/h7-9,15H,4-6H2,1-3H3. The van der Waals surface area contributed by atoms with Gasteiger partial charge in [0, 0.05) is 0 Å². The van der Waals surface area contributed by atoms with Crippen molar-refractivity contribution in [2.75, 3.05) is 13.2 Å². The van der Waals surface area contributed by atoms with Crippen LogP contribution >= 0.6 is 15.9 Å². The van der Waals surface area contributed by atoms with E-state index in [0.717, 1.165) is 16.5 Å². The highest BCUT2D eigenvalue weighted by Crippen LogP contribution is 2.38. The molecule has 96 valence electrons. The van der Waals surface area contributed by atoms with Crippen molar-refractivity contribution in [3.05, 3.63) is 22.2 Å². The molecule has 3 nitrogen and oxygen atoms in total. The molecule has 17 heavy (non-hydrogen) atoms. The molecule has 0 heterocycles. The Labute approximate surface area is 111 Å². The lowest BCUT2D eigenvalue weighted by atomic mass is 10.1. The van der Waals surface area contributed by atoms with E-state index in [9.17, 15) is 5.11 Å². The molecule has 0 aliphatic heterocycles. The summed E-state index contributed by atoms with van der Waals surface area (Å²) in [6.07, 6.45) is 0.418. The predicted molar refractivity (Wildman–Crippen MR) is 71.7 cm³/mol. The van der Waals surface area contributed by atoms with Gasteiger partial charge in [-0.25, -0.2) is 0 Å². The van der Waals surface area contributed by atoms with Gasteiger partial charge in [-0.1, -0.05) is 6.92 Å².